The van der Waals surface area contributed by atoms with Crippen LogP contribution in [0, 0.1) is 5.92 Å². The molecule has 0 aromatic heterocycles. The van der Waals surface area contributed by atoms with E-state index in [1.54, 1.807) is 0 Å². The molecule has 0 saturated carbocycles. The molecule has 2 saturated heterocycles. The molecule has 3 rings (SSSR count). The summed E-state index contributed by atoms with van der Waals surface area (Å²) in [4.78, 5) is 5.14. The molecular weight excluding hydrogens is 246 g/mol. The van der Waals surface area contributed by atoms with Gasteiger partial charge in [0.25, 0.3) is 0 Å². The first-order valence-corrected chi connectivity index (χ1v) is 8.07. The van der Waals surface area contributed by atoms with Crippen molar-refractivity contribution in [1.29, 1.82) is 0 Å². The molecule has 2 aliphatic rings. The number of piperidine rings is 1. The van der Waals surface area contributed by atoms with Crippen molar-refractivity contribution in [3.63, 3.8) is 0 Å². The number of nitrogens with zero attached hydrogens (tertiary/aromatic N) is 2. The normalized spacial score (nSPS) is 28.6. The number of hydrogen-bond donors (Lipinski definition) is 1. The Labute approximate surface area is 123 Å². The predicted octanol–water partition coefficient (Wildman–Crippen LogP) is 2.20. The number of para-hydroxylation sites is 1. The zero-order chi connectivity index (χ0) is 13.8. The van der Waals surface area contributed by atoms with Crippen molar-refractivity contribution < 1.29 is 0 Å². The third-order valence-electron chi connectivity index (χ3n) is 4.73. The van der Waals surface area contributed by atoms with Crippen LogP contribution in [0.2, 0.25) is 0 Å². The lowest BCUT2D eigenvalue weighted by Crippen LogP contribution is -2.52. The molecule has 2 fully saturated rings. The average Bonchev–Trinajstić information content (AvgIpc) is 2.49. The summed E-state index contributed by atoms with van der Waals surface area (Å²) in [6.45, 7) is 9.53. The van der Waals surface area contributed by atoms with Crippen LogP contribution < -0.4 is 10.2 Å². The van der Waals surface area contributed by atoms with E-state index in [4.69, 9.17) is 0 Å². The molecule has 1 N–H and O–H groups in total. The monoisotopic (exact) mass is 273 g/mol. The molecule has 0 radical (unpaired) electrons. The Hall–Kier alpha value is -1.06. The molecule has 2 heterocycles. The summed E-state index contributed by atoms with van der Waals surface area (Å²) < 4.78 is 0. The van der Waals surface area contributed by atoms with Crippen molar-refractivity contribution in [1.82, 2.24) is 10.2 Å². The number of piperazine rings is 1. The van der Waals surface area contributed by atoms with Gasteiger partial charge in [-0.2, -0.15) is 0 Å². The largest absolute Gasteiger partial charge is 0.369 e. The van der Waals surface area contributed by atoms with Crippen LogP contribution in [0.1, 0.15) is 19.8 Å². The third kappa shape index (κ3) is 3.53. The lowest BCUT2D eigenvalue weighted by atomic mass is 9.94. The summed E-state index contributed by atoms with van der Waals surface area (Å²) in [6.07, 6.45) is 2.69. The van der Waals surface area contributed by atoms with Gasteiger partial charge >= 0.3 is 0 Å². The lowest BCUT2D eigenvalue weighted by molar-refractivity contribution is 0.198. The van der Waals surface area contributed by atoms with Gasteiger partial charge in [0, 0.05) is 44.5 Å². The lowest BCUT2D eigenvalue weighted by Gasteiger charge is -2.39. The van der Waals surface area contributed by atoms with Gasteiger partial charge in [0.05, 0.1) is 0 Å². The number of anilines is 1. The Kier molecular flexibility index (Phi) is 4.58. The first kappa shape index (κ1) is 13.9. The van der Waals surface area contributed by atoms with Crippen LogP contribution in [-0.2, 0) is 0 Å². The Morgan fingerprint density at radius 3 is 2.55 bits per heavy atom. The number of rotatable bonds is 3. The molecule has 2 aliphatic heterocycles. The fraction of sp³-hybridized carbons (Fsp3) is 0.647. The zero-order valence-electron chi connectivity index (χ0n) is 12.6. The average molecular weight is 273 g/mol. The first-order chi connectivity index (χ1) is 9.81. The molecule has 110 valence electrons. The van der Waals surface area contributed by atoms with Crippen molar-refractivity contribution in [2.75, 3.05) is 44.2 Å². The van der Waals surface area contributed by atoms with E-state index in [-0.39, 0.29) is 0 Å². The van der Waals surface area contributed by atoms with Crippen LogP contribution >= 0.6 is 0 Å². The van der Waals surface area contributed by atoms with Crippen LogP contribution in [0.5, 0.6) is 0 Å². The SMILES string of the molecule is CC1CCNC(CN2CCN(c3ccccc3)CC2)C1. The quantitative estimate of drug-likeness (QED) is 0.911. The third-order valence-corrected chi connectivity index (χ3v) is 4.73. The van der Waals surface area contributed by atoms with Crippen molar-refractivity contribution >= 4 is 5.69 Å². The summed E-state index contributed by atoms with van der Waals surface area (Å²) in [5.41, 5.74) is 1.37. The van der Waals surface area contributed by atoms with Gasteiger partial charge in [-0.15, -0.1) is 0 Å². The van der Waals surface area contributed by atoms with Crippen molar-refractivity contribution in [2.45, 2.75) is 25.8 Å². The van der Waals surface area contributed by atoms with Gasteiger partial charge in [0.1, 0.15) is 0 Å². The maximum atomic E-state index is 3.68. The molecule has 0 spiro atoms. The Morgan fingerprint density at radius 2 is 1.85 bits per heavy atom. The molecule has 2 atom stereocenters. The van der Waals surface area contributed by atoms with Crippen molar-refractivity contribution in [2.24, 2.45) is 5.92 Å². The molecule has 0 aliphatic carbocycles. The second-order valence-electron chi connectivity index (χ2n) is 6.40. The van der Waals surface area contributed by atoms with Crippen LogP contribution in [0.4, 0.5) is 5.69 Å². The van der Waals surface area contributed by atoms with Gasteiger partial charge in [-0.25, -0.2) is 0 Å². The van der Waals surface area contributed by atoms with Crippen molar-refractivity contribution in [3.8, 4) is 0 Å². The van der Waals surface area contributed by atoms with Gasteiger partial charge in [-0.3, -0.25) is 4.90 Å². The van der Waals surface area contributed by atoms with E-state index in [2.05, 4.69) is 52.4 Å². The highest BCUT2D eigenvalue weighted by Crippen LogP contribution is 2.18. The highest BCUT2D eigenvalue weighted by molar-refractivity contribution is 5.46. The highest BCUT2D eigenvalue weighted by atomic mass is 15.3. The standard InChI is InChI=1S/C17H27N3/c1-15-7-8-18-16(13-15)14-19-9-11-20(12-10-19)17-5-3-2-4-6-17/h2-6,15-16,18H,7-14H2,1H3. The fourth-order valence-electron chi connectivity index (χ4n) is 3.50. The van der Waals surface area contributed by atoms with E-state index in [0.29, 0.717) is 6.04 Å². The van der Waals surface area contributed by atoms with E-state index in [0.717, 1.165) is 19.0 Å². The summed E-state index contributed by atoms with van der Waals surface area (Å²) in [5, 5.41) is 3.68. The fourth-order valence-corrected chi connectivity index (χ4v) is 3.50. The Morgan fingerprint density at radius 1 is 1.10 bits per heavy atom. The predicted molar refractivity (Wildman–Crippen MR) is 85.3 cm³/mol. The molecule has 0 bridgehead atoms. The maximum Gasteiger partial charge on any atom is 0.0367 e. The van der Waals surface area contributed by atoms with Crippen LogP contribution in [0.3, 0.4) is 0 Å². The van der Waals surface area contributed by atoms with Gasteiger partial charge < -0.3 is 10.2 Å². The first-order valence-electron chi connectivity index (χ1n) is 8.07. The minimum atomic E-state index is 0.710. The molecule has 0 amide bonds. The van der Waals surface area contributed by atoms with E-state index in [9.17, 15) is 0 Å². The minimum absolute atomic E-state index is 0.710. The number of benzene rings is 1. The number of hydrogen-bond acceptors (Lipinski definition) is 3. The smallest absolute Gasteiger partial charge is 0.0367 e. The summed E-state index contributed by atoms with van der Waals surface area (Å²) in [7, 11) is 0. The minimum Gasteiger partial charge on any atom is -0.369 e. The molecule has 1 aromatic rings. The Bertz CT molecular complexity index is 398. The van der Waals surface area contributed by atoms with Gasteiger partial charge in [0.15, 0.2) is 0 Å². The van der Waals surface area contributed by atoms with Gasteiger partial charge in [-0.05, 0) is 37.4 Å². The van der Waals surface area contributed by atoms with Crippen LogP contribution in [0.15, 0.2) is 30.3 Å². The van der Waals surface area contributed by atoms with Gasteiger partial charge in [0.2, 0.25) is 0 Å². The second-order valence-corrected chi connectivity index (χ2v) is 6.40. The van der Waals surface area contributed by atoms with Crippen LogP contribution in [0.25, 0.3) is 0 Å². The Balaban J connectivity index is 1.46. The topological polar surface area (TPSA) is 18.5 Å². The second kappa shape index (κ2) is 6.59. The zero-order valence-corrected chi connectivity index (χ0v) is 12.6. The molecule has 3 heteroatoms. The van der Waals surface area contributed by atoms with E-state index >= 15 is 0 Å². The maximum absolute atomic E-state index is 3.68. The molecule has 2 unspecified atom stereocenters. The van der Waals surface area contributed by atoms with E-state index in [1.807, 2.05) is 0 Å². The molecular formula is C17H27N3. The number of nitrogens with one attached hydrogen (secondary N) is 1. The van der Waals surface area contributed by atoms with Crippen molar-refractivity contribution in [3.05, 3.63) is 30.3 Å². The summed E-state index contributed by atoms with van der Waals surface area (Å²) >= 11 is 0. The van der Waals surface area contributed by atoms with Gasteiger partial charge in [-0.1, -0.05) is 25.1 Å². The van der Waals surface area contributed by atoms with E-state index in [1.165, 1.54) is 44.7 Å². The summed E-state index contributed by atoms with van der Waals surface area (Å²) in [5.74, 6) is 0.895. The summed E-state index contributed by atoms with van der Waals surface area (Å²) in [6, 6.07) is 11.5. The highest BCUT2D eigenvalue weighted by Gasteiger charge is 2.23. The van der Waals surface area contributed by atoms with E-state index < -0.39 is 0 Å². The molecule has 1 aromatic carbocycles. The molecule has 3 nitrogen and oxygen atoms in total. The van der Waals surface area contributed by atoms with Crippen LogP contribution in [-0.4, -0.2) is 50.2 Å². The molecule has 20 heavy (non-hydrogen) atoms.